The molecule has 7 heteroatoms. The summed E-state index contributed by atoms with van der Waals surface area (Å²) in [5.74, 6) is -1.45. The Balaban J connectivity index is 2.13. The summed E-state index contributed by atoms with van der Waals surface area (Å²) in [4.78, 5) is 24.9. The highest BCUT2D eigenvalue weighted by Gasteiger charge is 2.25. The zero-order valence-electron chi connectivity index (χ0n) is 13.6. The fourth-order valence-corrected chi connectivity index (χ4v) is 2.68. The molecule has 132 valence electrons. The monoisotopic (exact) mass is 382 g/mol. The van der Waals surface area contributed by atoms with E-state index in [0.29, 0.717) is 10.7 Å². The Morgan fingerprint density at radius 1 is 1.04 bits per heavy atom. The Labute approximate surface area is 155 Å². The minimum Gasteiger partial charge on any atom is -0.340 e. The topological polar surface area (TPSA) is 58.2 Å². The van der Waals surface area contributed by atoms with Gasteiger partial charge in [0, 0.05) is 10.7 Å². The van der Waals surface area contributed by atoms with Gasteiger partial charge in [-0.3, -0.25) is 9.59 Å². The van der Waals surface area contributed by atoms with Crippen LogP contribution in [-0.4, -0.2) is 17.9 Å². The maximum Gasteiger partial charge on any atom is 0.253 e. The summed E-state index contributed by atoms with van der Waals surface area (Å²) in [5.41, 5.74) is 0.669. The van der Waals surface area contributed by atoms with E-state index >= 15 is 0 Å². The average molecular weight is 383 g/mol. The van der Waals surface area contributed by atoms with Crippen molar-refractivity contribution in [3.05, 3.63) is 63.9 Å². The summed E-state index contributed by atoms with van der Waals surface area (Å²) < 4.78 is 12.9. The van der Waals surface area contributed by atoms with Crippen molar-refractivity contribution in [1.82, 2.24) is 5.32 Å². The van der Waals surface area contributed by atoms with Crippen LogP contribution in [0.15, 0.2) is 42.5 Å². The molecule has 0 unspecified atom stereocenters. The lowest BCUT2D eigenvalue weighted by Gasteiger charge is -2.22. The molecule has 25 heavy (non-hydrogen) atoms. The van der Waals surface area contributed by atoms with Crippen molar-refractivity contribution in [1.29, 1.82) is 0 Å². The molecule has 0 aliphatic heterocycles. The molecule has 0 aliphatic rings. The predicted octanol–water partition coefficient (Wildman–Crippen LogP) is 4.53. The van der Waals surface area contributed by atoms with Gasteiger partial charge in [0.1, 0.15) is 11.9 Å². The van der Waals surface area contributed by atoms with Gasteiger partial charge in [-0.15, -0.1) is 0 Å². The van der Waals surface area contributed by atoms with Crippen LogP contribution < -0.4 is 10.6 Å². The van der Waals surface area contributed by atoms with Crippen LogP contribution in [0, 0.1) is 11.7 Å². The van der Waals surface area contributed by atoms with Crippen LogP contribution in [0.4, 0.5) is 10.1 Å². The molecule has 0 heterocycles. The average Bonchev–Trinajstić information content (AvgIpc) is 2.54. The van der Waals surface area contributed by atoms with Crippen molar-refractivity contribution < 1.29 is 14.0 Å². The van der Waals surface area contributed by atoms with E-state index in [1.807, 2.05) is 0 Å². The van der Waals surface area contributed by atoms with Gasteiger partial charge >= 0.3 is 0 Å². The van der Waals surface area contributed by atoms with E-state index in [9.17, 15) is 14.0 Å². The summed E-state index contributed by atoms with van der Waals surface area (Å²) in [6.45, 7) is 3.61. The van der Waals surface area contributed by atoms with Crippen LogP contribution in [0.1, 0.15) is 24.2 Å². The van der Waals surface area contributed by atoms with E-state index in [1.165, 1.54) is 36.4 Å². The molecule has 2 aromatic rings. The normalized spacial score (nSPS) is 11.9. The minimum absolute atomic E-state index is 0.171. The van der Waals surface area contributed by atoms with E-state index in [-0.39, 0.29) is 16.5 Å². The lowest BCUT2D eigenvalue weighted by atomic mass is 10.0. The number of benzene rings is 2. The van der Waals surface area contributed by atoms with Gasteiger partial charge in [0.25, 0.3) is 5.91 Å². The first kappa shape index (κ1) is 19.2. The Hall–Kier alpha value is -2.11. The quantitative estimate of drug-likeness (QED) is 0.797. The number of rotatable bonds is 5. The summed E-state index contributed by atoms with van der Waals surface area (Å²) >= 11 is 11.9. The first-order valence-corrected chi connectivity index (χ1v) is 8.36. The SMILES string of the molecule is CC(C)[C@H](NC(=O)c1ccc(Cl)cc1Cl)C(=O)Nc1ccc(F)cc1. The summed E-state index contributed by atoms with van der Waals surface area (Å²) in [6.07, 6.45) is 0. The number of anilines is 1. The predicted molar refractivity (Wildman–Crippen MR) is 97.6 cm³/mol. The fourth-order valence-electron chi connectivity index (χ4n) is 2.18. The van der Waals surface area contributed by atoms with Gasteiger partial charge in [-0.25, -0.2) is 4.39 Å². The molecule has 2 amide bonds. The van der Waals surface area contributed by atoms with Crippen LogP contribution in [0.3, 0.4) is 0 Å². The first-order chi connectivity index (χ1) is 11.8. The zero-order chi connectivity index (χ0) is 18.6. The van der Waals surface area contributed by atoms with Crippen molar-refractivity contribution in [3.8, 4) is 0 Å². The smallest absolute Gasteiger partial charge is 0.253 e. The molecule has 2 rings (SSSR count). The van der Waals surface area contributed by atoms with Crippen molar-refractivity contribution in [3.63, 3.8) is 0 Å². The highest BCUT2D eigenvalue weighted by molar-refractivity contribution is 6.36. The fraction of sp³-hybridized carbons (Fsp3) is 0.222. The Kier molecular flexibility index (Phi) is 6.39. The number of hydrogen-bond donors (Lipinski definition) is 2. The maximum atomic E-state index is 12.9. The van der Waals surface area contributed by atoms with E-state index < -0.39 is 23.7 Å². The number of hydrogen-bond acceptors (Lipinski definition) is 2. The summed E-state index contributed by atoms with van der Waals surface area (Å²) in [6, 6.07) is 9.09. The first-order valence-electron chi connectivity index (χ1n) is 7.60. The molecule has 0 spiro atoms. The molecular weight excluding hydrogens is 366 g/mol. The standard InChI is InChI=1S/C18H17Cl2FN2O2/c1-10(2)16(18(25)22-13-6-4-12(21)5-7-13)23-17(24)14-8-3-11(19)9-15(14)20/h3-10,16H,1-2H3,(H,22,25)(H,23,24)/t16-/m0/s1. The molecule has 0 saturated heterocycles. The molecule has 1 atom stereocenters. The van der Waals surface area contributed by atoms with Gasteiger partial charge in [0.15, 0.2) is 0 Å². The van der Waals surface area contributed by atoms with Gasteiger partial charge in [-0.1, -0.05) is 37.0 Å². The van der Waals surface area contributed by atoms with Crippen molar-refractivity contribution in [2.75, 3.05) is 5.32 Å². The Morgan fingerprint density at radius 2 is 1.68 bits per heavy atom. The van der Waals surface area contributed by atoms with Crippen LogP contribution >= 0.6 is 23.2 Å². The van der Waals surface area contributed by atoms with Gasteiger partial charge in [0.05, 0.1) is 10.6 Å². The Morgan fingerprint density at radius 3 is 2.24 bits per heavy atom. The van der Waals surface area contributed by atoms with Crippen molar-refractivity contribution in [2.24, 2.45) is 5.92 Å². The van der Waals surface area contributed by atoms with E-state index in [0.717, 1.165) is 0 Å². The van der Waals surface area contributed by atoms with Gasteiger partial charge in [0.2, 0.25) is 5.91 Å². The number of carbonyl (C=O) groups excluding carboxylic acids is 2. The molecule has 0 radical (unpaired) electrons. The second kappa shape index (κ2) is 8.32. The van der Waals surface area contributed by atoms with Crippen molar-refractivity contribution >= 4 is 40.7 Å². The maximum absolute atomic E-state index is 12.9. The largest absolute Gasteiger partial charge is 0.340 e. The van der Waals surface area contributed by atoms with E-state index in [2.05, 4.69) is 10.6 Å². The Bertz CT molecular complexity index is 779. The third-order valence-electron chi connectivity index (χ3n) is 3.52. The van der Waals surface area contributed by atoms with Crippen LogP contribution in [-0.2, 0) is 4.79 Å². The second-order valence-electron chi connectivity index (χ2n) is 5.82. The molecule has 0 aromatic heterocycles. The number of nitrogens with one attached hydrogen (secondary N) is 2. The molecule has 4 nitrogen and oxygen atoms in total. The van der Waals surface area contributed by atoms with Gasteiger partial charge in [-0.05, 0) is 48.4 Å². The molecule has 2 N–H and O–H groups in total. The molecule has 0 bridgehead atoms. The molecule has 0 fully saturated rings. The zero-order valence-corrected chi connectivity index (χ0v) is 15.2. The van der Waals surface area contributed by atoms with Gasteiger partial charge < -0.3 is 10.6 Å². The van der Waals surface area contributed by atoms with Crippen LogP contribution in [0.25, 0.3) is 0 Å². The van der Waals surface area contributed by atoms with Crippen LogP contribution in [0.2, 0.25) is 10.0 Å². The third-order valence-corrected chi connectivity index (χ3v) is 4.07. The van der Waals surface area contributed by atoms with Gasteiger partial charge in [-0.2, -0.15) is 0 Å². The highest BCUT2D eigenvalue weighted by atomic mass is 35.5. The molecule has 0 saturated carbocycles. The number of carbonyl (C=O) groups is 2. The third kappa shape index (κ3) is 5.18. The second-order valence-corrected chi connectivity index (χ2v) is 6.66. The minimum atomic E-state index is -0.788. The number of amides is 2. The van der Waals surface area contributed by atoms with E-state index in [1.54, 1.807) is 19.9 Å². The molecule has 0 aliphatic carbocycles. The van der Waals surface area contributed by atoms with Crippen molar-refractivity contribution in [2.45, 2.75) is 19.9 Å². The highest BCUT2D eigenvalue weighted by Crippen LogP contribution is 2.21. The molecular formula is C18H17Cl2FN2O2. The summed E-state index contributed by atoms with van der Waals surface area (Å²) in [5, 5.41) is 5.94. The lowest BCUT2D eigenvalue weighted by molar-refractivity contribution is -0.118. The van der Waals surface area contributed by atoms with Crippen LogP contribution in [0.5, 0.6) is 0 Å². The lowest BCUT2D eigenvalue weighted by Crippen LogP contribution is -2.47. The summed E-state index contributed by atoms with van der Waals surface area (Å²) in [7, 11) is 0. The number of halogens is 3. The van der Waals surface area contributed by atoms with E-state index in [4.69, 9.17) is 23.2 Å². The molecule has 2 aromatic carbocycles.